The maximum atomic E-state index is 13.2. The van der Waals surface area contributed by atoms with Gasteiger partial charge in [-0.3, -0.25) is 0 Å². The topological polar surface area (TPSA) is 79.8 Å². The maximum absolute atomic E-state index is 13.2. The van der Waals surface area contributed by atoms with Gasteiger partial charge in [0.1, 0.15) is 5.82 Å². The van der Waals surface area contributed by atoms with Crippen LogP contribution in [0.15, 0.2) is 34.5 Å². The summed E-state index contributed by atoms with van der Waals surface area (Å²) in [7, 11) is -3.64. The van der Waals surface area contributed by atoms with Crippen molar-refractivity contribution in [1.82, 2.24) is 14.2 Å². The van der Waals surface area contributed by atoms with E-state index in [2.05, 4.69) is 4.98 Å². The van der Waals surface area contributed by atoms with Gasteiger partial charge in [-0.25, -0.2) is 22.6 Å². The summed E-state index contributed by atoms with van der Waals surface area (Å²) in [6.45, 7) is 0.742. The van der Waals surface area contributed by atoms with Crippen molar-refractivity contribution in [3.63, 3.8) is 0 Å². The van der Waals surface area contributed by atoms with Crippen molar-refractivity contribution in [2.24, 2.45) is 0 Å². The molecule has 2 aliphatic carbocycles. The van der Waals surface area contributed by atoms with Gasteiger partial charge in [-0.05, 0) is 62.8 Å². The third kappa shape index (κ3) is 5.13. The van der Waals surface area contributed by atoms with Gasteiger partial charge in [0.15, 0.2) is 0 Å². The normalized spacial score (nSPS) is 20.9. The van der Waals surface area contributed by atoms with Gasteiger partial charge in [0, 0.05) is 31.1 Å². The summed E-state index contributed by atoms with van der Waals surface area (Å²) in [6.07, 6.45) is 8.75. The average Bonchev–Trinajstić information content (AvgIpc) is 3.57. The Labute approximate surface area is 204 Å². The number of carbonyl (C=O) groups is 1. The molecule has 184 valence electrons. The third-order valence-corrected chi connectivity index (χ3v) is 9.96. The minimum atomic E-state index is -3.64. The highest BCUT2D eigenvalue weighted by Crippen LogP contribution is 2.36. The second-order valence-corrected chi connectivity index (χ2v) is 12.3. The SMILES string of the molecule is O=C(Oc1csc(C2CCN(S(=O)(=O)c3ccc(F)cc3)CC2)n1)N(C1CCCCC1)C1CC1. The van der Waals surface area contributed by atoms with Crippen molar-refractivity contribution in [2.45, 2.75) is 80.7 Å². The summed E-state index contributed by atoms with van der Waals surface area (Å²) in [5, 5.41) is 2.65. The summed E-state index contributed by atoms with van der Waals surface area (Å²) in [4.78, 5) is 19.6. The molecule has 0 bridgehead atoms. The Morgan fingerprint density at radius 1 is 1.00 bits per heavy atom. The molecule has 10 heteroatoms. The summed E-state index contributed by atoms with van der Waals surface area (Å²) in [5.74, 6) is -0.000234. The highest BCUT2D eigenvalue weighted by molar-refractivity contribution is 7.89. The van der Waals surface area contributed by atoms with Crippen LogP contribution in [0.3, 0.4) is 0 Å². The molecule has 1 saturated heterocycles. The Kier molecular flexibility index (Phi) is 6.90. The highest BCUT2D eigenvalue weighted by Gasteiger charge is 2.39. The molecule has 2 aromatic rings. The highest BCUT2D eigenvalue weighted by atomic mass is 32.2. The number of hydrogen-bond donors (Lipinski definition) is 0. The molecular weight excluding hydrogens is 477 g/mol. The van der Waals surface area contributed by atoms with Crippen LogP contribution in [0.5, 0.6) is 5.88 Å². The van der Waals surface area contributed by atoms with Crippen LogP contribution in [0.1, 0.15) is 68.7 Å². The number of nitrogens with zero attached hydrogens (tertiary/aromatic N) is 3. The molecule has 34 heavy (non-hydrogen) atoms. The molecule has 1 aliphatic heterocycles. The van der Waals surface area contributed by atoms with E-state index in [0.29, 0.717) is 37.9 Å². The van der Waals surface area contributed by atoms with Crippen LogP contribution in [0.4, 0.5) is 9.18 Å². The van der Waals surface area contributed by atoms with E-state index in [1.807, 2.05) is 4.90 Å². The summed E-state index contributed by atoms with van der Waals surface area (Å²) < 4.78 is 46.0. The van der Waals surface area contributed by atoms with Gasteiger partial charge in [-0.2, -0.15) is 4.31 Å². The quantitative estimate of drug-likeness (QED) is 0.541. The fraction of sp³-hybridized carbons (Fsp3) is 0.583. The Morgan fingerprint density at radius 2 is 1.65 bits per heavy atom. The van der Waals surface area contributed by atoms with Gasteiger partial charge >= 0.3 is 6.09 Å². The van der Waals surface area contributed by atoms with E-state index in [-0.39, 0.29) is 22.9 Å². The first-order valence-corrected chi connectivity index (χ1v) is 14.4. The zero-order chi connectivity index (χ0) is 23.7. The molecule has 0 atom stereocenters. The predicted octanol–water partition coefficient (Wildman–Crippen LogP) is 5.15. The molecule has 3 fully saturated rings. The Morgan fingerprint density at radius 3 is 2.29 bits per heavy atom. The molecule has 0 N–H and O–H groups in total. The van der Waals surface area contributed by atoms with Crippen LogP contribution in [-0.4, -0.2) is 53.9 Å². The summed E-state index contributed by atoms with van der Waals surface area (Å²) >= 11 is 1.46. The van der Waals surface area contributed by atoms with Gasteiger partial charge in [0.05, 0.1) is 15.3 Å². The number of carbonyl (C=O) groups excluding carboxylic acids is 1. The number of amides is 1. The molecule has 3 aliphatic rings. The van der Waals surface area contributed by atoms with Crippen molar-refractivity contribution >= 4 is 27.5 Å². The van der Waals surface area contributed by atoms with Gasteiger partial charge in [-0.15, -0.1) is 11.3 Å². The lowest BCUT2D eigenvalue weighted by Gasteiger charge is -2.33. The number of sulfonamides is 1. The fourth-order valence-corrected chi connectivity index (χ4v) is 7.42. The van der Waals surface area contributed by atoms with Crippen LogP contribution in [0.25, 0.3) is 0 Å². The van der Waals surface area contributed by atoms with E-state index >= 15 is 0 Å². The molecule has 5 rings (SSSR count). The molecule has 2 saturated carbocycles. The molecule has 1 amide bonds. The first-order chi connectivity index (χ1) is 16.4. The second kappa shape index (κ2) is 9.91. The van der Waals surface area contributed by atoms with E-state index < -0.39 is 15.8 Å². The molecule has 0 unspecified atom stereocenters. The minimum absolute atomic E-state index is 0.106. The first-order valence-electron chi connectivity index (χ1n) is 12.1. The second-order valence-electron chi connectivity index (χ2n) is 9.45. The molecule has 0 spiro atoms. The lowest BCUT2D eigenvalue weighted by atomic mass is 9.94. The minimum Gasteiger partial charge on any atom is -0.390 e. The number of benzene rings is 1. The monoisotopic (exact) mass is 507 g/mol. The molecule has 0 radical (unpaired) electrons. The van der Waals surface area contributed by atoms with E-state index in [9.17, 15) is 17.6 Å². The van der Waals surface area contributed by atoms with Crippen LogP contribution in [0.2, 0.25) is 0 Å². The summed E-state index contributed by atoms with van der Waals surface area (Å²) in [5.41, 5.74) is 0. The number of rotatable bonds is 6. The van der Waals surface area contributed by atoms with E-state index in [1.54, 1.807) is 5.38 Å². The van der Waals surface area contributed by atoms with Gasteiger partial charge < -0.3 is 9.64 Å². The van der Waals surface area contributed by atoms with E-state index in [4.69, 9.17) is 4.74 Å². The summed E-state index contributed by atoms with van der Waals surface area (Å²) in [6, 6.07) is 5.51. The fourth-order valence-electron chi connectivity index (χ4n) is 5.06. The Hall–Kier alpha value is -2.04. The lowest BCUT2D eigenvalue weighted by Crippen LogP contribution is -2.44. The average molecular weight is 508 g/mol. The molecule has 2 heterocycles. The number of piperidine rings is 1. The van der Waals surface area contributed by atoms with Crippen LogP contribution >= 0.6 is 11.3 Å². The number of ether oxygens (including phenoxy) is 1. The van der Waals surface area contributed by atoms with Crippen molar-refractivity contribution < 1.29 is 22.3 Å². The number of hydrogen-bond acceptors (Lipinski definition) is 6. The van der Waals surface area contributed by atoms with Crippen LogP contribution in [-0.2, 0) is 10.0 Å². The standard InChI is InChI=1S/C24H30FN3O4S2/c25-18-6-10-21(11-7-18)34(30,31)27-14-12-17(13-15-27)23-26-22(16-33-23)32-24(29)28(20-8-9-20)19-4-2-1-3-5-19/h6-7,10-11,16-17,19-20H,1-5,8-9,12-15H2. The zero-order valence-electron chi connectivity index (χ0n) is 19.1. The van der Waals surface area contributed by atoms with Crippen molar-refractivity contribution in [2.75, 3.05) is 13.1 Å². The van der Waals surface area contributed by atoms with Crippen LogP contribution in [0, 0.1) is 5.82 Å². The lowest BCUT2D eigenvalue weighted by molar-refractivity contribution is 0.111. The Bertz CT molecular complexity index is 1100. The molecule has 1 aromatic carbocycles. The van der Waals surface area contributed by atoms with Crippen molar-refractivity contribution in [1.29, 1.82) is 0 Å². The van der Waals surface area contributed by atoms with Gasteiger partial charge in [-0.1, -0.05) is 19.3 Å². The third-order valence-electron chi connectivity index (χ3n) is 7.07. The first kappa shape index (κ1) is 23.7. The molecular formula is C24H30FN3O4S2. The number of thiazole rings is 1. The van der Waals surface area contributed by atoms with Crippen LogP contribution < -0.4 is 4.74 Å². The van der Waals surface area contributed by atoms with Crippen molar-refractivity contribution in [3.05, 3.63) is 40.5 Å². The number of aromatic nitrogens is 1. The molecule has 7 nitrogen and oxygen atoms in total. The largest absolute Gasteiger partial charge is 0.417 e. The van der Waals surface area contributed by atoms with Gasteiger partial charge in [0.2, 0.25) is 15.9 Å². The van der Waals surface area contributed by atoms with E-state index in [0.717, 1.165) is 55.7 Å². The zero-order valence-corrected chi connectivity index (χ0v) is 20.7. The maximum Gasteiger partial charge on any atom is 0.417 e. The number of halogens is 1. The van der Waals surface area contributed by atoms with Gasteiger partial charge in [0.25, 0.3) is 0 Å². The van der Waals surface area contributed by atoms with E-state index in [1.165, 1.54) is 34.2 Å². The smallest absolute Gasteiger partial charge is 0.390 e. The molecule has 1 aromatic heterocycles. The Balaban J connectivity index is 1.18. The van der Waals surface area contributed by atoms with Crippen molar-refractivity contribution in [3.8, 4) is 5.88 Å². The predicted molar refractivity (Wildman–Crippen MR) is 127 cm³/mol.